The van der Waals surface area contributed by atoms with Crippen LogP contribution in [0.25, 0.3) is 11.4 Å². The fourth-order valence-electron chi connectivity index (χ4n) is 2.90. The Morgan fingerprint density at radius 1 is 1.22 bits per heavy atom. The van der Waals surface area contributed by atoms with Gasteiger partial charge in [0.2, 0.25) is 0 Å². The van der Waals surface area contributed by atoms with Crippen molar-refractivity contribution < 1.29 is 8.42 Å². The smallest absolute Gasteiger partial charge is 0.181 e. The Labute approximate surface area is 136 Å². The van der Waals surface area contributed by atoms with Crippen LogP contribution in [-0.4, -0.2) is 39.7 Å². The van der Waals surface area contributed by atoms with E-state index < -0.39 is 9.84 Å². The third kappa shape index (κ3) is 3.77. The molecule has 0 atom stereocenters. The minimum absolute atomic E-state index is 0.179. The van der Waals surface area contributed by atoms with Crippen molar-refractivity contribution in [3.63, 3.8) is 0 Å². The molecule has 6 nitrogen and oxygen atoms in total. The summed E-state index contributed by atoms with van der Waals surface area (Å²) in [5.41, 5.74) is 0.944. The second-order valence-electron chi connectivity index (χ2n) is 6.03. The van der Waals surface area contributed by atoms with Crippen molar-refractivity contribution in [1.82, 2.24) is 19.7 Å². The van der Waals surface area contributed by atoms with Gasteiger partial charge in [-0.1, -0.05) is 13.3 Å². The highest BCUT2D eigenvalue weighted by molar-refractivity contribution is 7.91. The van der Waals surface area contributed by atoms with Crippen LogP contribution in [0.4, 0.5) is 0 Å². The van der Waals surface area contributed by atoms with Gasteiger partial charge in [0.05, 0.1) is 11.5 Å². The van der Waals surface area contributed by atoms with Crippen molar-refractivity contribution in [2.45, 2.75) is 45.1 Å². The number of pyridine rings is 1. The Bertz CT molecular complexity index is 742. The summed E-state index contributed by atoms with van der Waals surface area (Å²) in [5.74, 6) is 2.32. The van der Waals surface area contributed by atoms with E-state index in [9.17, 15) is 8.42 Å². The number of hydrogen-bond donors (Lipinski definition) is 0. The highest BCUT2D eigenvalue weighted by Gasteiger charge is 2.28. The summed E-state index contributed by atoms with van der Waals surface area (Å²) in [5, 5.41) is 4.66. The van der Waals surface area contributed by atoms with Crippen LogP contribution < -0.4 is 0 Å². The summed E-state index contributed by atoms with van der Waals surface area (Å²) in [6.45, 7) is 2.97. The summed E-state index contributed by atoms with van der Waals surface area (Å²) < 4.78 is 25.3. The molecule has 124 valence electrons. The molecule has 23 heavy (non-hydrogen) atoms. The molecule has 0 aliphatic carbocycles. The van der Waals surface area contributed by atoms with Gasteiger partial charge < -0.3 is 0 Å². The number of sulfone groups is 1. The highest BCUT2D eigenvalue weighted by atomic mass is 32.2. The lowest BCUT2D eigenvalue weighted by Crippen LogP contribution is -2.24. The topological polar surface area (TPSA) is 77.7 Å². The van der Waals surface area contributed by atoms with Crippen molar-refractivity contribution in [3.8, 4) is 11.4 Å². The molecule has 3 rings (SSSR count). The molecular weight excluding hydrogens is 312 g/mol. The van der Waals surface area contributed by atoms with Crippen LogP contribution in [0.15, 0.2) is 24.5 Å². The van der Waals surface area contributed by atoms with Crippen LogP contribution >= 0.6 is 0 Å². The fourth-order valence-corrected chi connectivity index (χ4v) is 4.39. The first-order valence-corrected chi connectivity index (χ1v) is 9.97. The largest absolute Gasteiger partial charge is 0.265 e. The van der Waals surface area contributed by atoms with E-state index in [-0.39, 0.29) is 17.4 Å². The third-order valence-corrected chi connectivity index (χ3v) is 6.00. The average Bonchev–Trinajstić information content (AvgIpc) is 2.98. The second-order valence-corrected chi connectivity index (χ2v) is 8.34. The van der Waals surface area contributed by atoms with Gasteiger partial charge in [0, 0.05) is 30.4 Å². The Balaban J connectivity index is 1.90. The zero-order valence-corrected chi connectivity index (χ0v) is 14.2. The number of nitrogens with zero attached hydrogens (tertiary/aromatic N) is 4. The van der Waals surface area contributed by atoms with Crippen molar-refractivity contribution >= 4 is 9.84 Å². The van der Waals surface area contributed by atoms with Gasteiger partial charge >= 0.3 is 0 Å². The van der Waals surface area contributed by atoms with Crippen molar-refractivity contribution in [2.24, 2.45) is 0 Å². The maximum Gasteiger partial charge on any atom is 0.181 e. The quantitative estimate of drug-likeness (QED) is 0.839. The van der Waals surface area contributed by atoms with E-state index in [1.165, 1.54) is 0 Å². The molecule has 2 aromatic rings. The first-order valence-electron chi connectivity index (χ1n) is 8.14. The summed E-state index contributed by atoms with van der Waals surface area (Å²) in [4.78, 5) is 8.76. The molecule has 0 radical (unpaired) electrons. The van der Waals surface area contributed by atoms with Gasteiger partial charge in [0.25, 0.3) is 0 Å². The predicted octanol–water partition coefficient (Wildman–Crippen LogP) is 2.43. The molecule has 1 aliphatic rings. The Morgan fingerprint density at radius 2 is 1.91 bits per heavy atom. The number of hydrogen-bond acceptors (Lipinski definition) is 5. The fraction of sp³-hybridized carbons (Fsp3) is 0.562. The van der Waals surface area contributed by atoms with E-state index in [2.05, 4.69) is 17.0 Å². The van der Waals surface area contributed by atoms with Crippen LogP contribution in [0.1, 0.15) is 44.3 Å². The molecule has 1 fully saturated rings. The molecule has 0 spiro atoms. The van der Waals surface area contributed by atoms with Crippen LogP contribution in [-0.2, 0) is 16.4 Å². The van der Waals surface area contributed by atoms with Gasteiger partial charge in [-0.3, -0.25) is 4.98 Å². The normalized spacial score (nSPS) is 18.1. The van der Waals surface area contributed by atoms with E-state index in [0.717, 1.165) is 30.8 Å². The lowest BCUT2D eigenvalue weighted by atomic mass is 10.0. The van der Waals surface area contributed by atoms with Crippen molar-refractivity contribution in [1.29, 1.82) is 0 Å². The van der Waals surface area contributed by atoms with Gasteiger partial charge in [-0.15, -0.1) is 0 Å². The maximum absolute atomic E-state index is 11.7. The molecule has 3 heterocycles. The molecule has 0 saturated carbocycles. The average molecular weight is 334 g/mol. The maximum atomic E-state index is 11.7. The SMILES string of the molecule is CCCCn1nc(-c2ccncc2)nc1C1CCS(=O)(=O)CC1. The van der Waals surface area contributed by atoms with Gasteiger partial charge in [-0.05, 0) is 31.4 Å². The zero-order chi connectivity index (χ0) is 16.3. The Hall–Kier alpha value is -1.76. The molecular formula is C16H22N4O2S. The molecule has 1 aliphatic heterocycles. The monoisotopic (exact) mass is 334 g/mol. The number of aromatic nitrogens is 4. The lowest BCUT2D eigenvalue weighted by Gasteiger charge is -2.21. The molecule has 0 N–H and O–H groups in total. The molecule has 0 unspecified atom stereocenters. The molecule has 0 amide bonds. The van der Waals surface area contributed by atoms with E-state index >= 15 is 0 Å². The van der Waals surface area contributed by atoms with Gasteiger partial charge in [-0.2, -0.15) is 5.10 Å². The minimum atomic E-state index is -2.86. The summed E-state index contributed by atoms with van der Waals surface area (Å²) in [7, 11) is -2.86. The minimum Gasteiger partial charge on any atom is -0.265 e. The van der Waals surface area contributed by atoms with Crippen molar-refractivity contribution in [3.05, 3.63) is 30.4 Å². The van der Waals surface area contributed by atoms with Crippen molar-refractivity contribution in [2.75, 3.05) is 11.5 Å². The predicted molar refractivity (Wildman–Crippen MR) is 88.8 cm³/mol. The third-order valence-electron chi connectivity index (χ3n) is 4.28. The first kappa shape index (κ1) is 16.1. The zero-order valence-electron chi connectivity index (χ0n) is 13.4. The molecule has 1 saturated heterocycles. The standard InChI is InChI=1S/C16H22N4O2S/c1-2-3-10-20-16(14-6-11-23(21,22)12-7-14)18-15(19-20)13-4-8-17-9-5-13/h4-5,8-9,14H,2-3,6-7,10-12H2,1H3. The molecule has 2 aromatic heterocycles. The van der Waals surface area contributed by atoms with Crippen LogP contribution in [0.3, 0.4) is 0 Å². The Morgan fingerprint density at radius 3 is 2.57 bits per heavy atom. The summed E-state index contributed by atoms with van der Waals surface area (Å²) in [6, 6.07) is 3.79. The molecule has 0 aromatic carbocycles. The van der Waals surface area contributed by atoms with Crippen LogP contribution in [0.2, 0.25) is 0 Å². The van der Waals surface area contributed by atoms with Gasteiger partial charge in [-0.25, -0.2) is 18.1 Å². The number of aryl methyl sites for hydroxylation is 1. The summed E-state index contributed by atoms with van der Waals surface area (Å²) >= 11 is 0. The lowest BCUT2D eigenvalue weighted by molar-refractivity contribution is 0.482. The van der Waals surface area contributed by atoms with Gasteiger partial charge in [0.15, 0.2) is 5.82 Å². The van der Waals surface area contributed by atoms with E-state index in [4.69, 9.17) is 4.98 Å². The highest BCUT2D eigenvalue weighted by Crippen LogP contribution is 2.29. The van der Waals surface area contributed by atoms with Gasteiger partial charge in [0.1, 0.15) is 15.7 Å². The summed E-state index contributed by atoms with van der Waals surface area (Å²) in [6.07, 6.45) is 6.87. The Kier molecular flexibility index (Phi) is 4.75. The number of unbranched alkanes of at least 4 members (excludes halogenated alkanes) is 1. The molecule has 0 bridgehead atoms. The molecule has 7 heteroatoms. The van der Waals surface area contributed by atoms with E-state index in [0.29, 0.717) is 18.7 Å². The number of rotatable bonds is 5. The second kappa shape index (κ2) is 6.78. The first-order chi connectivity index (χ1) is 11.1. The van der Waals surface area contributed by atoms with E-state index in [1.807, 2.05) is 16.8 Å². The van der Waals surface area contributed by atoms with Crippen LogP contribution in [0, 0.1) is 0 Å². The van der Waals surface area contributed by atoms with Crippen LogP contribution in [0.5, 0.6) is 0 Å². The van der Waals surface area contributed by atoms with E-state index in [1.54, 1.807) is 12.4 Å².